The first-order valence-electron chi connectivity index (χ1n) is 18.1. The summed E-state index contributed by atoms with van der Waals surface area (Å²) in [7, 11) is 0. The van der Waals surface area contributed by atoms with Crippen LogP contribution < -0.4 is 21.3 Å². The van der Waals surface area contributed by atoms with E-state index in [1.54, 1.807) is 32.9 Å². The lowest BCUT2D eigenvalue weighted by Gasteiger charge is -2.32. The first-order chi connectivity index (χ1) is 25.4. The lowest BCUT2D eigenvalue weighted by Crippen LogP contribution is -2.42. The summed E-state index contributed by atoms with van der Waals surface area (Å²) >= 11 is 0. The van der Waals surface area contributed by atoms with Crippen molar-refractivity contribution in [2.75, 3.05) is 71.3 Å². The average Bonchev–Trinajstić information content (AvgIpc) is 3.05. The Kier molecular flexibility index (Phi) is 22.5. The molecule has 1 aromatic rings. The Morgan fingerprint density at radius 2 is 1.28 bits per heavy atom. The third-order valence-electron chi connectivity index (χ3n) is 7.69. The smallest absolute Gasteiger partial charge is 0.407 e. The van der Waals surface area contributed by atoms with Crippen molar-refractivity contribution in [2.24, 2.45) is 11.3 Å². The Morgan fingerprint density at radius 1 is 0.759 bits per heavy atom. The van der Waals surface area contributed by atoms with Crippen LogP contribution in [0.5, 0.6) is 5.75 Å². The summed E-state index contributed by atoms with van der Waals surface area (Å²) in [5, 5.41) is 29.6. The van der Waals surface area contributed by atoms with Crippen LogP contribution in [0.2, 0.25) is 0 Å². The minimum absolute atomic E-state index is 0.0248. The van der Waals surface area contributed by atoms with E-state index in [1.807, 2.05) is 0 Å². The summed E-state index contributed by atoms with van der Waals surface area (Å²) in [6.07, 6.45) is 0.625. The molecule has 0 spiro atoms. The Bertz CT molecular complexity index is 1400. The molecule has 2 atom stereocenters. The maximum absolute atomic E-state index is 12.6. The van der Waals surface area contributed by atoms with Gasteiger partial charge in [0.2, 0.25) is 5.91 Å². The second-order valence-electron chi connectivity index (χ2n) is 14.6. The number of rotatable bonds is 24. The molecule has 0 radical (unpaired) electrons. The lowest BCUT2D eigenvalue weighted by atomic mass is 9.78. The van der Waals surface area contributed by atoms with Gasteiger partial charge in [0.05, 0.1) is 71.4 Å². The number of hydrogen-bond donors (Lipinski definition) is 6. The fraction of sp³-hybridized carbons (Fsp3) is 0.658. The Balaban J connectivity index is 2.32. The van der Waals surface area contributed by atoms with Gasteiger partial charge in [-0.1, -0.05) is 33.8 Å². The molecule has 0 heterocycles. The van der Waals surface area contributed by atoms with Crippen LogP contribution in [0.25, 0.3) is 0 Å². The van der Waals surface area contributed by atoms with E-state index in [9.17, 15) is 29.1 Å². The number of amides is 4. The molecule has 0 aliphatic carbocycles. The molecule has 1 unspecified atom stereocenters. The number of carbonyl (C=O) groups is 5. The highest BCUT2D eigenvalue weighted by atomic mass is 16.6. The molecule has 1 aromatic carbocycles. The number of carboxylic acid groups (broad SMARTS) is 1. The minimum atomic E-state index is -0.941. The van der Waals surface area contributed by atoms with E-state index in [-0.39, 0.29) is 114 Å². The van der Waals surface area contributed by atoms with E-state index in [0.717, 1.165) is 5.56 Å². The van der Waals surface area contributed by atoms with E-state index in [2.05, 4.69) is 60.8 Å². The summed E-state index contributed by atoms with van der Waals surface area (Å²) < 4.78 is 26.6. The topological polar surface area (TPSA) is 220 Å². The lowest BCUT2D eigenvalue weighted by molar-refractivity contribution is -0.138. The number of phenolic OH excluding ortho intramolecular Hbond substituents is 1. The molecule has 304 valence electrons. The molecule has 4 amide bonds. The summed E-state index contributed by atoms with van der Waals surface area (Å²) in [5.41, 5.74) is 0.466. The normalized spacial score (nSPS) is 12.4. The van der Waals surface area contributed by atoms with Gasteiger partial charge in [-0.05, 0) is 62.6 Å². The number of hydrogen-bond acceptors (Lipinski definition) is 11. The summed E-state index contributed by atoms with van der Waals surface area (Å²) in [5.74, 6) is 1.97. The van der Waals surface area contributed by atoms with Crippen molar-refractivity contribution in [3.8, 4) is 17.6 Å². The molecule has 6 N–H and O–H groups in total. The fourth-order valence-corrected chi connectivity index (χ4v) is 4.40. The largest absolute Gasteiger partial charge is 0.506 e. The van der Waals surface area contributed by atoms with Crippen molar-refractivity contribution in [3.05, 3.63) is 23.8 Å². The SMILES string of the molecule is CC(C[C@H](Cc1ccc(O)c(NC(=O)CCOCCOCCNC(=O)C#CC(=O)NCCOCCOCCC(=O)O)c1)NC(=O)OC(C)(C)C)C(C)(C)C. The van der Waals surface area contributed by atoms with Crippen LogP contribution in [-0.2, 0) is 49.3 Å². The van der Waals surface area contributed by atoms with Gasteiger partial charge in [0.15, 0.2) is 0 Å². The molecule has 16 heteroatoms. The van der Waals surface area contributed by atoms with Crippen LogP contribution >= 0.6 is 0 Å². The van der Waals surface area contributed by atoms with Crippen LogP contribution in [0.3, 0.4) is 0 Å². The van der Waals surface area contributed by atoms with Crippen molar-refractivity contribution in [3.63, 3.8) is 0 Å². The zero-order chi connectivity index (χ0) is 40.6. The number of benzene rings is 1. The Labute approximate surface area is 318 Å². The fourth-order valence-electron chi connectivity index (χ4n) is 4.40. The quantitative estimate of drug-likeness (QED) is 0.0509. The van der Waals surface area contributed by atoms with Gasteiger partial charge in [0.25, 0.3) is 11.8 Å². The zero-order valence-electron chi connectivity index (χ0n) is 32.8. The number of alkyl carbamates (subject to hydrolysis) is 1. The van der Waals surface area contributed by atoms with Gasteiger partial charge in [-0.25, -0.2) is 4.79 Å². The van der Waals surface area contributed by atoms with Crippen molar-refractivity contribution in [1.82, 2.24) is 16.0 Å². The highest BCUT2D eigenvalue weighted by Crippen LogP contribution is 2.31. The Hall–Kier alpha value is -4.43. The number of ether oxygens (including phenoxy) is 5. The van der Waals surface area contributed by atoms with Crippen molar-refractivity contribution in [2.45, 2.75) is 85.8 Å². The van der Waals surface area contributed by atoms with Crippen molar-refractivity contribution in [1.29, 1.82) is 0 Å². The van der Waals surface area contributed by atoms with Gasteiger partial charge in [0, 0.05) is 31.0 Å². The molecule has 0 aliphatic rings. The average molecular weight is 765 g/mol. The van der Waals surface area contributed by atoms with Gasteiger partial charge in [-0.2, -0.15) is 0 Å². The number of carboxylic acids is 1. The molecule has 1 rings (SSSR count). The predicted molar refractivity (Wildman–Crippen MR) is 201 cm³/mol. The van der Waals surface area contributed by atoms with Gasteiger partial charge in [0.1, 0.15) is 11.4 Å². The molecule has 0 saturated heterocycles. The standard InChI is InChI=1S/C38H60N4O12/c1-27(37(2,3)4)24-29(41-36(49)54-38(5,6)7)25-28-8-9-31(43)30(26-28)42-34(46)12-16-50-20-22-52-18-14-39-32(44)10-11-33(45)40-15-19-53-23-21-51-17-13-35(47)48/h8-9,26-27,29,43H,12-25H2,1-7H3,(H,39,44)(H,40,45)(H,41,49)(H,42,46)(H,47,48)/t27?,29-/m1/s1. The molecular weight excluding hydrogens is 704 g/mol. The number of aliphatic carboxylic acids is 1. The number of aromatic hydroxyl groups is 1. The van der Waals surface area contributed by atoms with Crippen LogP contribution in [0.4, 0.5) is 10.5 Å². The van der Waals surface area contributed by atoms with Gasteiger partial charge in [-0.15, -0.1) is 0 Å². The highest BCUT2D eigenvalue weighted by Gasteiger charge is 2.26. The molecular formula is C38H60N4O12. The highest BCUT2D eigenvalue weighted by molar-refractivity contribution is 6.02. The van der Waals surface area contributed by atoms with Crippen molar-refractivity contribution < 1.29 is 57.9 Å². The van der Waals surface area contributed by atoms with Crippen LogP contribution in [0.1, 0.15) is 73.3 Å². The second-order valence-corrected chi connectivity index (χ2v) is 14.6. The predicted octanol–water partition coefficient (Wildman–Crippen LogP) is 3.01. The number of phenols is 1. The molecule has 0 saturated carbocycles. The van der Waals surface area contributed by atoms with Gasteiger partial charge in [-0.3, -0.25) is 19.2 Å². The second kappa shape index (κ2) is 25.6. The van der Waals surface area contributed by atoms with Gasteiger partial charge >= 0.3 is 12.1 Å². The van der Waals surface area contributed by atoms with Crippen LogP contribution in [0, 0.1) is 23.2 Å². The molecule has 54 heavy (non-hydrogen) atoms. The van der Waals surface area contributed by atoms with E-state index in [1.165, 1.54) is 6.07 Å². The molecule has 16 nitrogen and oxygen atoms in total. The molecule has 0 aliphatic heterocycles. The first-order valence-corrected chi connectivity index (χ1v) is 18.1. The number of nitrogens with one attached hydrogen (secondary N) is 4. The first kappa shape index (κ1) is 47.6. The summed E-state index contributed by atoms with van der Waals surface area (Å²) in [6.45, 7) is 15.9. The van der Waals surface area contributed by atoms with E-state index in [0.29, 0.717) is 12.8 Å². The van der Waals surface area contributed by atoms with Crippen LogP contribution in [0.15, 0.2) is 18.2 Å². The van der Waals surface area contributed by atoms with E-state index < -0.39 is 29.5 Å². The van der Waals surface area contributed by atoms with Crippen LogP contribution in [-0.4, -0.2) is 118 Å². The van der Waals surface area contributed by atoms with Crippen molar-refractivity contribution >= 4 is 35.5 Å². The molecule has 0 fully saturated rings. The monoisotopic (exact) mass is 764 g/mol. The third-order valence-corrected chi connectivity index (χ3v) is 7.69. The number of anilines is 1. The van der Waals surface area contributed by atoms with Gasteiger partial charge < -0.3 is 55.2 Å². The maximum Gasteiger partial charge on any atom is 0.407 e. The Morgan fingerprint density at radius 3 is 1.78 bits per heavy atom. The molecule has 0 bridgehead atoms. The summed E-state index contributed by atoms with van der Waals surface area (Å²) in [4.78, 5) is 59.1. The van der Waals surface area contributed by atoms with E-state index >= 15 is 0 Å². The molecule has 0 aromatic heterocycles. The van der Waals surface area contributed by atoms with E-state index in [4.69, 9.17) is 28.8 Å². The number of carbonyl (C=O) groups excluding carboxylic acids is 4. The minimum Gasteiger partial charge on any atom is -0.506 e. The summed E-state index contributed by atoms with van der Waals surface area (Å²) in [6, 6.07) is 4.72. The zero-order valence-corrected chi connectivity index (χ0v) is 32.8. The maximum atomic E-state index is 12.6. The third kappa shape index (κ3) is 24.7.